The molecule has 0 aromatic carbocycles. The third-order valence-corrected chi connectivity index (χ3v) is 3.92. The van der Waals surface area contributed by atoms with Crippen LogP contribution in [0.1, 0.15) is 0 Å². The zero-order valence-electron chi connectivity index (χ0n) is 12.7. The fourth-order valence-electron chi connectivity index (χ4n) is 1.31. The van der Waals surface area contributed by atoms with E-state index in [2.05, 4.69) is 0 Å². The summed E-state index contributed by atoms with van der Waals surface area (Å²) < 4.78 is 242. The quantitative estimate of drug-likeness (QED) is 0.242. The van der Waals surface area contributed by atoms with Crippen LogP contribution in [-0.2, 0) is 10.1 Å². The second-order valence-corrected chi connectivity index (χ2v) is 6.40. The van der Waals surface area contributed by atoms with Gasteiger partial charge in [-0.2, -0.15) is 83.1 Å². The predicted molar refractivity (Wildman–Crippen MR) is 58.0 cm³/mol. The van der Waals surface area contributed by atoms with Crippen molar-refractivity contribution in [3.05, 3.63) is 0 Å². The molecule has 1 radical (unpaired) electrons. The summed E-state index contributed by atoms with van der Waals surface area (Å²) in [7, 11) is -7.89. The van der Waals surface area contributed by atoms with Crippen LogP contribution >= 0.6 is 0 Å². The van der Waals surface area contributed by atoms with E-state index in [-0.39, 0.29) is 27.3 Å². The van der Waals surface area contributed by atoms with E-state index in [1.54, 1.807) is 0 Å². The molecule has 3 nitrogen and oxygen atoms in total. The number of hydrogen-bond donors (Lipinski definition) is 1. The van der Waals surface area contributed by atoms with Crippen molar-refractivity contribution in [1.82, 2.24) is 0 Å². The fourth-order valence-corrected chi connectivity index (χ4v) is 1.76. The zero-order chi connectivity index (χ0) is 24.5. The summed E-state index contributed by atoms with van der Waals surface area (Å²) in [5.41, 5.74) is 0. The zero-order valence-corrected chi connectivity index (χ0v) is 18.0. The second kappa shape index (κ2) is 7.61. The average molecular weight is 705 g/mol. The maximum absolute atomic E-state index is 13.0. The SMILES string of the molecule is O=S(=O)(O)C(F)(F)C(F)(F)C(F)(F)C(F)(F)C(F)(F)C(F)(F)C(F)(F)C(F)(F)F.[Tl]. The van der Waals surface area contributed by atoms with Crippen molar-refractivity contribution in [2.24, 2.45) is 0 Å². The molecule has 0 saturated carbocycles. The monoisotopic (exact) mass is 705 g/mol. The first-order valence-corrected chi connectivity index (χ1v) is 7.12. The van der Waals surface area contributed by atoms with Gasteiger partial charge in [0.1, 0.15) is 0 Å². The van der Waals surface area contributed by atoms with Crippen LogP contribution in [0.4, 0.5) is 74.6 Å². The van der Waals surface area contributed by atoms with Crippen LogP contribution in [0.2, 0.25) is 0 Å². The minimum atomic E-state index is -8.89. The molecule has 0 fully saturated rings. The van der Waals surface area contributed by atoms with Gasteiger partial charge in [-0.05, 0) is 0 Å². The Kier molecular flexibility index (Phi) is 8.07. The van der Waals surface area contributed by atoms with Gasteiger partial charge in [-0.15, -0.1) is 0 Å². The van der Waals surface area contributed by atoms with E-state index in [0.29, 0.717) is 0 Å². The molecule has 0 saturated heterocycles. The predicted octanol–water partition coefficient (Wildman–Crippen LogP) is 4.46. The average Bonchev–Trinajstić information content (AvgIpc) is 2.43. The van der Waals surface area contributed by atoms with Crippen molar-refractivity contribution in [3.8, 4) is 0 Å². The molecule has 0 aliphatic rings. The van der Waals surface area contributed by atoms with E-state index in [9.17, 15) is 83.1 Å². The minimum absolute atomic E-state index is 0. The summed E-state index contributed by atoms with van der Waals surface area (Å²) in [5.74, 6) is -52.0. The van der Waals surface area contributed by atoms with Crippen molar-refractivity contribution >= 4 is 37.4 Å². The Bertz CT molecular complexity index is 739. The van der Waals surface area contributed by atoms with Crippen LogP contribution in [0.15, 0.2) is 0 Å². The van der Waals surface area contributed by atoms with Crippen molar-refractivity contribution in [3.63, 3.8) is 0 Å². The van der Waals surface area contributed by atoms with E-state index >= 15 is 0 Å². The van der Waals surface area contributed by atoms with E-state index in [0.717, 1.165) is 0 Å². The molecule has 0 rings (SSSR count). The van der Waals surface area contributed by atoms with E-state index in [1.807, 2.05) is 0 Å². The molecular formula is C8HF17O3STl. The summed E-state index contributed by atoms with van der Waals surface area (Å²) >= 11 is 0. The fraction of sp³-hybridized carbons (Fsp3) is 1.00. The van der Waals surface area contributed by atoms with E-state index in [4.69, 9.17) is 4.55 Å². The molecule has 0 amide bonds. The molecule has 0 heterocycles. The number of rotatable bonds is 7. The Morgan fingerprint density at radius 1 is 0.433 bits per heavy atom. The van der Waals surface area contributed by atoms with Crippen molar-refractivity contribution < 1.29 is 87.6 Å². The Hall–Kier alpha value is -0.358. The molecule has 0 spiro atoms. The molecule has 0 aromatic rings. The van der Waals surface area contributed by atoms with Crippen LogP contribution < -0.4 is 0 Å². The smallest absolute Gasteiger partial charge is 0.281 e. The van der Waals surface area contributed by atoms with Crippen LogP contribution in [0.25, 0.3) is 0 Å². The summed E-state index contributed by atoms with van der Waals surface area (Å²) in [6.07, 6.45) is -7.88. The molecule has 22 heteroatoms. The number of halogens is 17. The maximum atomic E-state index is 13.0. The first-order chi connectivity index (χ1) is 12.0. The van der Waals surface area contributed by atoms with Gasteiger partial charge in [0.05, 0.1) is 0 Å². The van der Waals surface area contributed by atoms with Crippen molar-refractivity contribution in [1.29, 1.82) is 0 Å². The van der Waals surface area contributed by atoms with E-state index < -0.39 is 57.1 Å². The standard InChI is InChI=1S/C8HF17O3S.Tl/c9-1(10,3(13,14)5(17,18)7(21,22)23)2(11,12)4(15,16)6(19,20)8(24,25)29(26,27)28;/h(H,26,27,28);. The van der Waals surface area contributed by atoms with Gasteiger partial charge < -0.3 is 0 Å². The first kappa shape index (κ1) is 31.8. The van der Waals surface area contributed by atoms with E-state index in [1.165, 1.54) is 0 Å². The molecule has 0 unspecified atom stereocenters. The first-order valence-electron chi connectivity index (χ1n) is 5.68. The molecule has 0 bridgehead atoms. The van der Waals surface area contributed by atoms with Crippen molar-refractivity contribution in [2.75, 3.05) is 0 Å². The molecular weight excluding hydrogens is 704 g/mol. The number of alkyl halides is 17. The van der Waals surface area contributed by atoms with Crippen LogP contribution in [0.3, 0.4) is 0 Å². The van der Waals surface area contributed by atoms with Gasteiger partial charge in [0.25, 0.3) is 0 Å². The van der Waals surface area contributed by atoms with Crippen LogP contribution in [0.5, 0.6) is 0 Å². The molecule has 0 atom stereocenters. The Labute approximate surface area is 172 Å². The molecule has 0 aromatic heterocycles. The summed E-state index contributed by atoms with van der Waals surface area (Å²) in [6, 6.07) is 0. The van der Waals surface area contributed by atoms with Gasteiger partial charge in [0.15, 0.2) is 0 Å². The normalized spacial score (nSPS) is 16.3. The summed E-state index contributed by atoms with van der Waals surface area (Å²) in [5, 5.41) is -7.84. The molecule has 1 N–H and O–H groups in total. The Morgan fingerprint density at radius 2 is 0.633 bits per heavy atom. The molecule has 0 aliphatic carbocycles. The summed E-state index contributed by atoms with van der Waals surface area (Å²) in [4.78, 5) is 0. The van der Waals surface area contributed by atoms with Gasteiger partial charge in [-0.25, -0.2) is 0 Å². The minimum Gasteiger partial charge on any atom is -0.281 e. The van der Waals surface area contributed by atoms with Gasteiger partial charge in [0.2, 0.25) is 0 Å². The third-order valence-electron chi connectivity index (χ3n) is 3.02. The number of hydrogen-bond acceptors (Lipinski definition) is 2. The van der Waals surface area contributed by atoms with Gasteiger partial charge in [-0.3, -0.25) is 4.55 Å². The van der Waals surface area contributed by atoms with Crippen LogP contribution in [-0.4, -0.2) is 87.2 Å². The Morgan fingerprint density at radius 3 is 0.833 bits per heavy atom. The molecule has 0 aliphatic heterocycles. The Balaban J connectivity index is 0. The molecule has 30 heavy (non-hydrogen) atoms. The van der Waals surface area contributed by atoms with Gasteiger partial charge in [0, 0.05) is 27.3 Å². The van der Waals surface area contributed by atoms with Gasteiger partial charge in [-0.1, -0.05) is 0 Å². The largest absolute Gasteiger partial charge is 0.460 e. The van der Waals surface area contributed by atoms with Crippen molar-refractivity contribution in [2.45, 2.75) is 47.0 Å². The molecule has 179 valence electrons. The summed E-state index contributed by atoms with van der Waals surface area (Å²) in [6.45, 7) is 0. The topological polar surface area (TPSA) is 54.4 Å². The van der Waals surface area contributed by atoms with Crippen LogP contribution in [0, 0.1) is 0 Å². The second-order valence-electron chi connectivity index (χ2n) is 4.94. The third kappa shape index (κ3) is 3.82. The maximum Gasteiger partial charge on any atom is 0.460 e. The van der Waals surface area contributed by atoms with Gasteiger partial charge >= 0.3 is 57.1 Å².